The number of carbonyl (C=O) groups excluding carboxylic acids is 1. The summed E-state index contributed by atoms with van der Waals surface area (Å²) in [5, 5.41) is 9.97. The molecule has 0 unspecified atom stereocenters. The van der Waals surface area contributed by atoms with Crippen molar-refractivity contribution in [2.75, 3.05) is 0 Å². The zero-order valence-electron chi connectivity index (χ0n) is 8.68. The summed E-state index contributed by atoms with van der Waals surface area (Å²) in [7, 11) is 0. The zero-order valence-corrected chi connectivity index (χ0v) is 8.68. The van der Waals surface area contributed by atoms with Crippen molar-refractivity contribution in [2.45, 2.75) is 58.0 Å². The van der Waals surface area contributed by atoms with Crippen LogP contribution in [0.2, 0.25) is 0 Å². The first-order valence-electron chi connectivity index (χ1n) is 5.29. The number of aliphatic hydroxyl groups is 1. The van der Waals surface area contributed by atoms with Crippen LogP contribution in [0.15, 0.2) is 0 Å². The van der Waals surface area contributed by atoms with E-state index < -0.39 is 5.60 Å². The van der Waals surface area contributed by atoms with Crippen LogP contribution in [-0.2, 0) is 4.79 Å². The molecule has 0 bridgehead atoms. The summed E-state index contributed by atoms with van der Waals surface area (Å²) < 4.78 is 0. The summed E-state index contributed by atoms with van der Waals surface area (Å²) in [6, 6.07) is 0. The molecule has 0 radical (unpaired) electrons. The van der Waals surface area contributed by atoms with Gasteiger partial charge in [0.25, 0.3) is 0 Å². The van der Waals surface area contributed by atoms with Crippen LogP contribution in [0.1, 0.15) is 52.4 Å². The molecule has 2 nitrogen and oxygen atoms in total. The normalized spacial score (nSPS) is 20.9. The number of hydrogen-bond donors (Lipinski definition) is 1. The Bertz CT molecular complexity index is 179. The first-order chi connectivity index (χ1) is 6.03. The van der Waals surface area contributed by atoms with E-state index in [1.54, 1.807) is 0 Å². The Labute approximate surface area is 80.3 Å². The highest BCUT2D eigenvalue weighted by atomic mass is 16.3. The van der Waals surface area contributed by atoms with Crippen LogP contribution in [0, 0.1) is 5.92 Å². The van der Waals surface area contributed by atoms with E-state index in [1.807, 2.05) is 13.8 Å². The Hall–Kier alpha value is -0.370. The molecule has 1 aliphatic rings. The lowest BCUT2D eigenvalue weighted by Crippen LogP contribution is -2.25. The molecule has 0 aromatic carbocycles. The third kappa shape index (κ3) is 3.11. The third-order valence-electron chi connectivity index (χ3n) is 3.01. The summed E-state index contributed by atoms with van der Waals surface area (Å²) in [5.74, 6) is 0.394. The van der Waals surface area contributed by atoms with Crippen molar-refractivity contribution in [3.63, 3.8) is 0 Å². The van der Waals surface area contributed by atoms with Crippen LogP contribution < -0.4 is 0 Å². The van der Waals surface area contributed by atoms with Crippen molar-refractivity contribution >= 4 is 5.78 Å². The van der Waals surface area contributed by atoms with Crippen molar-refractivity contribution in [1.29, 1.82) is 0 Å². The predicted octanol–water partition coefficient (Wildman–Crippen LogP) is 2.30. The van der Waals surface area contributed by atoms with Gasteiger partial charge in [0.15, 0.2) is 0 Å². The molecule has 1 saturated carbocycles. The second-order valence-corrected chi connectivity index (χ2v) is 4.55. The Morgan fingerprint density at radius 2 is 1.92 bits per heavy atom. The van der Waals surface area contributed by atoms with Gasteiger partial charge in [0.2, 0.25) is 0 Å². The fourth-order valence-corrected chi connectivity index (χ4v) is 1.93. The topological polar surface area (TPSA) is 37.3 Å². The smallest absolute Gasteiger partial charge is 0.135 e. The lowest BCUT2D eigenvalue weighted by molar-refractivity contribution is -0.123. The van der Waals surface area contributed by atoms with E-state index in [0.717, 1.165) is 25.7 Å². The van der Waals surface area contributed by atoms with Crippen LogP contribution in [0.5, 0.6) is 0 Å². The van der Waals surface area contributed by atoms with Gasteiger partial charge in [-0.25, -0.2) is 0 Å². The average Bonchev–Trinajstić information content (AvgIpc) is 2.48. The van der Waals surface area contributed by atoms with Crippen LogP contribution in [0.4, 0.5) is 0 Å². The van der Waals surface area contributed by atoms with Gasteiger partial charge in [-0.15, -0.1) is 0 Å². The Morgan fingerprint density at radius 1 is 1.38 bits per heavy atom. The minimum atomic E-state index is -0.509. The van der Waals surface area contributed by atoms with E-state index in [9.17, 15) is 9.90 Å². The van der Waals surface area contributed by atoms with Gasteiger partial charge in [-0.3, -0.25) is 4.79 Å². The van der Waals surface area contributed by atoms with E-state index in [4.69, 9.17) is 0 Å². The van der Waals surface area contributed by atoms with Crippen LogP contribution in [0.3, 0.4) is 0 Å². The first-order valence-corrected chi connectivity index (χ1v) is 5.29. The molecule has 1 N–H and O–H groups in total. The van der Waals surface area contributed by atoms with Crippen LogP contribution >= 0.6 is 0 Å². The van der Waals surface area contributed by atoms with Gasteiger partial charge in [0, 0.05) is 12.3 Å². The van der Waals surface area contributed by atoms with Gasteiger partial charge in [-0.05, 0) is 19.3 Å². The highest BCUT2D eigenvalue weighted by molar-refractivity contribution is 5.80. The molecule has 0 heterocycles. The molecular formula is C11H20O2. The summed E-state index contributed by atoms with van der Waals surface area (Å²) in [5.41, 5.74) is -0.509. The monoisotopic (exact) mass is 184 g/mol. The summed E-state index contributed by atoms with van der Waals surface area (Å²) in [6.45, 7) is 3.84. The second kappa shape index (κ2) is 4.23. The van der Waals surface area contributed by atoms with Gasteiger partial charge in [0.05, 0.1) is 5.60 Å². The van der Waals surface area contributed by atoms with Gasteiger partial charge in [0.1, 0.15) is 5.78 Å². The molecule has 0 spiro atoms. The number of hydrogen-bond acceptors (Lipinski definition) is 2. The molecule has 0 saturated heterocycles. The fourth-order valence-electron chi connectivity index (χ4n) is 1.93. The fraction of sp³-hybridized carbons (Fsp3) is 0.909. The number of ketones is 1. The van der Waals surface area contributed by atoms with Crippen LogP contribution in [0.25, 0.3) is 0 Å². The van der Waals surface area contributed by atoms with Gasteiger partial charge < -0.3 is 5.11 Å². The van der Waals surface area contributed by atoms with Crippen molar-refractivity contribution in [3.8, 4) is 0 Å². The number of Topliss-reactive ketones (excluding diaryl/α,β-unsaturated/α-hetero) is 1. The number of rotatable bonds is 4. The van der Waals surface area contributed by atoms with Gasteiger partial charge >= 0.3 is 0 Å². The highest BCUT2D eigenvalue weighted by Crippen LogP contribution is 2.33. The Morgan fingerprint density at radius 3 is 2.38 bits per heavy atom. The molecule has 0 atom stereocenters. The molecule has 2 heteroatoms. The van der Waals surface area contributed by atoms with E-state index in [0.29, 0.717) is 12.8 Å². The Balaban J connectivity index is 2.29. The minimum Gasteiger partial charge on any atom is -0.390 e. The van der Waals surface area contributed by atoms with Gasteiger partial charge in [-0.2, -0.15) is 0 Å². The van der Waals surface area contributed by atoms with E-state index in [1.165, 1.54) is 0 Å². The van der Waals surface area contributed by atoms with Crippen molar-refractivity contribution in [3.05, 3.63) is 0 Å². The lowest BCUT2D eigenvalue weighted by atomic mass is 9.92. The number of carbonyl (C=O) groups is 1. The van der Waals surface area contributed by atoms with E-state index in [2.05, 4.69) is 0 Å². The molecule has 76 valence electrons. The zero-order chi connectivity index (χ0) is 9.90. The highest BCUT2D eigenvalue weighted by Gasteiger charge is 2.31. The molecule has 0 aromatic rings. The van der Waals surface area contributed by atoms with E-state index in [-0.39, 0.29) is 11.7 Å². The molecule has 13 heavy (non-hydrogen) atoms. The van der Waals surface area contributed by atoms with Crippen molar-refractivity contribution in [2.24, 2.45) is 5.92 Å². The van der Waals surface area contributed by atoms with Crippen molar-refractivity contribution < 1.29 is 9.90 Å². The standard InChI is InChI=1S/C11H20O2/c1-9(2)10(12)5-8-11(13)6-3-4-7-11/h9,13H,3-8H2,1-2H3. The summed E-state index contributed by atoms with van der Waals surface area (Å²) >= 11 is 0. The third-order valence-corrected chi connectivity index (χ3v) is 3.01. The van der Waals surface area contributed by atoms with Crippen molar-refractivity contribution in [1.82, 2.24) is 0 Å². The maximum absolute atomic E-state index is 11.3. The quantitative estimate of drug-likeness (QED) is 0.728. The molecular weight excluding hydrogens is 164 g/mol. The van der Waals surface area contributed by atoms with E-state index >= 15 is 0 Å². The largest absolute Gasteiger partial charge is 0.390 e. The van der Waals surface area contributed by atoms with Crippen LogP contribution in [-0.4, -0.2) is 16.5 Å². The molecule has 1 rings (SSSR count). The predicted molar refractivity (Wildman–Crippen MR) is 52.5 cm³/mol. The molecule has 0 aromatic heterocycles. The first kappa shape index (κ1) is 10.7. The molecule has 0 aliphatic heterocycles. The lowest BCUT2D eigenvalue weighted by Gasteiger charge is -2.21. The molecule has 1 aliphatic carbocycles. The maximum atomic E-state index is 11.3. The SMILES string of the molecule is CC(C)C(=O)CCC1(O)CCCC1. The minimum absolute atomic E-state index is 0.116. The molecule has 1 fully saturated rings. The average molecular weight is 184 g/mol. The Kier molecular flexibility index (Phi) is 3.48. The van der Waals surface area contributed by atoms with Gasteiger partial charge in [-0.1, -0.05) is 26.7 Å². The summed E-state index contributed by atoms with van der Waals surface area (Å²) in [6.07, 6.45) is 5.23. The molecule has 0 amide bonds. The maximum Gasteiger partial charge on any atom is 0.135 e. The second-order valence-electron chi connectivity index (χ2n) is 4.55. The summed E-state index contributed by atoms with van der Waals surface area (Å²) in [4.78, 5) is 11.3.